The van der Waals surface area contributed by atoms with Crippen LogP contribution in [0.4, 0.5) is 10.1 Å². The number of rotatable bonds is 6. The van der Waals surface area contributed by atoms with Gasteiger partial charge in [-0.15, -0.1) is 0 Å². The number of benzene rings is 2. The van der Waals surface area contributed by atoms with Gasteiger partial charge >= 0.3 is 0 Å². The predicted octanol–water partition coefficient (Wildman–Crippen LogP) is 3.45. The third-order valence-electron chi connectivity index (χ3n) is 3.35. The van der Waals surface area contributed by atoms with E-state index in [1.54, 1.807) is 12.1 Å². The second kappa shape index (κ2) is 8.22. The number of ether oxygens (including phenoxy) is 1. The monoisotopic (exact) mass is 420 g/mol. The van der Waals surface area contributed by atoms with E-state index in [1.165, 1.54) is 26.2 Å². The minimum absolute atomic E-state index is 0.0515. The van der Waals surface area contributed by atoms with Crippen molar-refractivity contribution in [2.24, 2.45) is 0 Å². The Morgan fingerprint density at radius 3 is 2.58 bits per heavy atom. The molecule has 1 atom stereocenters. The molecule has 0 radical (unpaired) electrons. The quantitative estimate of drug-likeness (QED) is 0.749. The lowest BCUT2D eigenvalue weighted by Gasteiger charge is -2.16. The first-order chi connectivity index (χ1) is 12.2. The van der Waals surface area contributed by atoms with E-state index in [0.29, 0.717) is 0 Å². The van der Waals surface area contributed by atoms with Gasteiger partial charge in [0.25, 0.3) is 0 Å². The maximum absolute atomic E-state index is 13.4. The summed E-state index contributed by atoms with van der Waals surface area (Å²) in [5.41, 5.74) is 0.235. The summed E-state index contributed by atoms with van der Waals surface area (Å²) in [4.78, 5) is 11.8. The Kier molecular flexibility index (Phi) is 6.46. The summed E-state index contributed by atoms with van der Waals surface area (Å²) in [5, 5.41) is 2.84. The van der Waals surface area contributed by atoms with Crippen LogP contribution in [0, 0.1) is 5.82 Å². The van der Waals surface area contributed by atoms with Gasteiger partial charge in [-0.25, -0.2) is 12.8 Å². The van der Waals surface area contributed by atoms with Crippen LogP contribution in [0.1, 0.15) is 6.92 Å². The van der Waals surface area contributed by atoms with E-state index in [2.05, 4.69) is 10.0 Å². The highest BCUT2D eigenvalue weighted by Gasteiger charge is 2.26. The summed E-state index contributed by atoms with van der Waals surface area (Å²) in [5.74, 6) is -1.48. The van der Waals surface area contributed by atoms with Crippen molar-refractivity contribution in [2.45, 2.75) is 17.9 Å². The van der Waals surface area contributed by atoms with Gasteiger partial charge in [-0.3, -0.25) is 4.79 Å². The van der Waals surface area contributed by atoms with Crippen LogP contribution >= 0.6 is 23.2 Å². The van der Waals surface area contributed by atoms with Crippen LogP contribution in [0.2, 0.25) is 10.0 Å². The number of nitrogens with one attached hydrogen (secondary N) is 2. The Morgan fingerprint density at radius 2 is 1.92 bits per heavy atom. The van der Waals surface area contributed by atoms with E-state index < -0.39 is 32.7 Å². The second-order valence-electron chi connectivity index (χ2n) is 5.23. The molecule has 2 rings (SSSR count). The molecule has 2 aromatic rings. The van der Waals surface area contributed by atoms with Gasteiger partial charge in [0, 0.05) is 0 Å². The summed E-state index contributed by atoms with van der Waals surface area (Å²) in [6.45, 7) is 1.33. The number of carbonyl (C=O) groups is 1. The lowest BCUT2D eigenvalue weighted by Crippen LogP contribution is -2.41. The molecule has 1 unspecified atom stereocenters. The Labute approximate surface area is 160 Å². The molecular formula is C16H15Cl2FN2O4S. The van der Waals surface area contributed by atoms with Crippen LogP contribution in [0.3, 0.4) is 0 Å². The SMILES string of the molecule is COc1ccc(F)cc1S(=O)(=O)NC(C)C(=O)Nc1cccc(Cl)c1Cl. The van der Waals surface area contributed by atoms with Gasteiger partial charge in [-0.1, -0.05) is 29.3 Å². The first-order valence-electron chi connectivity index (χ1n) is 7.26. The highest BCUT2D eigenvalue weighted by Crippen LogP contribution is 2.29. The van der Waals surface area contributed by atoms with E-state index in [9.17, 15) is 17.6 Å². The molecule has 0 aliphatic carbocycles. The summed E-state index contributed by atoms with van der Waals surface area (Å²) < 4.78 is 45.5. The highest BCUT2D eigenvalue weighted by molar-refractivity contribution is 7.89. The zero-order valence-electron chi connectivity index (χ0n) is 13.7. The maximum Gasteiger partial charge on any atom is 0.245 e. The van der Waals surface area contributed by atoms with Crippen LogP contribution < -0.4 is 14.8 Å². The summed E-state index contributed by atoms with van der Waals surface area (Å²) >= 11 is 11.9. The van der Waals surface area contributed by atoms with Crippen LogP contribution in [0.25, 0.3) is 0 Å². The van der Waals surface area contributed by atoms with Gasteiger partial charge in [0.05, 0.1) is 28.9 Å². The smallest absolute Gasteiger partial charge is 0.245 e. The molecule has 26 heavy (non-hydrogen) atoms. The van der Waals surface area contributed by atoms with Crippen LogP contribution in [0.15, 0.2) is 41.3 Å². The van der Waals surface area contributed by atoms with Crippen LogP contribution in [-0.4, -0.2) is 27.5 Å². The van der Waals surface area contributed by atoms with Gasteiger partial charge in [0.2, 0.25) is 15.9 Å². The molecule has 2 aromatic carbocycles. The summed E-state index contributed by atoms with van der Waals surface area (Å²) in [6.07, 6.45) is 0. The lowest BCUT2D eigenvalue weighted by molar-refractivity contribution is -0.117. The van der Waals surface area contributed by atoms with Gasteiger partial charge in [-0.05, 0) is 37.3 Å². The van der Waals surface area contributed by atoms with E-state index in [4.69, 9.17) is 27.9 Å². The minimum Gasteiger partial charge on any atom is -0.495 e. The number of hydrogen-bond acceptors (Lipinski definition) is 4. The average Bonchev–Trinajstić information content (AvgIpc) is 2.58. The van der Waals surface area contributed by atoms with E-state index in [0.717, 1.165) is 12.1 Å². The number of hydrogen-bond donors (Lipinski definition) is 2. The standard InChI is InChI=1S/C16H15Cl2FN2O4S/c1-9(16(22)20-12-5-3-4-11(17)15(12)18)21-26(23,24)14-8-10(19)6-7-13(14)25-2/h3-9,21H,1-2H3,(H,20,22). The fourth-order valence-electron chi connectivity index (χ4n) is 2.05. The molecule has 6 nitrogen and oxygen atoms in total. The topological polar surface area (TPSA) is 84.5 Å². The fourth-order valence-corrected chi connectivity index (χ4v) is 3.78. The number of methoxy groups -OCH3 is 1. The van der Waals surface area contributed by atoms with Crippen LogP contribution in [0.5, 0.6) is 5.75 Å². The molecule has 0 spiro atoms. The molecule has 0 fully saturated rings. The second-order valence-corrected chi connectivity index (χ2v) is 7.70. The Morgan fingerprint density at radius 1 is 1.23 bits per heavy atom. The number of halogens is 3. The zero-order valence-corrected chi connectivity index (χ0v) is 16.0. The molecule has 0 aliphatic rings. The average molecular weight is 421 g/mol. The van der Waals surface area contributed by atoms with Crippen molar-refractivity contribution in [3.05, 3.63) is 52.3 Å². The van der Waals surface area contributed by atoms with E-state index in [-0.39, 0.29) is 21.5 Å². The number of anilines is 1. The normalized spacial score (nSPS) is 12.5. The first kappa shape index (κ1) is 20.4. The molecule has 140 valence electrons. The third kappa shape index (κ3) is 4.64. The molecule has 0 saturated carbocycles. The predicted molar refractivity (Wildman–Crippen MR) is 97.8 cm³/mol. The Bertz CT molecular complexity index is 938. The number of carbonyl (C=O) groups excluding carboxylic acids is 1. The molecule has 0 bridgehead atoms. The number of amides is 1. The molecule has 2 N–H and O–H groups in total. The molecule has 0 saturated heterocycles. The summed E-state index contributed by atoms with van der Waals surface area (Å²) in [7, 11) is -2.96. The van der Waals surface area contributed by atoms with Crippen molar-refractivity contribution >= 4 is 44.8 Å². The molecular weight excluding hydrogens is 406 g/mol. The van der Waals surface area contributed by atoms with E-state index in [1.807, 2.05) is 0 Å². The van der Waals surface area contributed by atoms with Gasteiger partial charge in [0.15, 0.2) is 0 Å². The third-order valence-corrected chi connectivity index (χ3v) is 5.73. The maximum atomic E-state index is 13.4. The van der Waals surface area contributed by atoms with Crippen LogP contribution in [-0.2, 0) is 14.8 Å². The fraction of sp³-hybridized carbons (Fsp3) is 0.188. The van der Waals surface area contributed by atoms with Gasteiger partial charge in [0.1, 0.15) is 16.5 Å². The molecule has 10 heteroatoms. The zero-order chi connectivity index (χ0) is 19.5. The first-order valence-corrected chi connectivity index (χ1v) is 9.50. The largest absolute Gasteiger partial charge is 0.495 e. The summed E-state index contributed by atoms with van der Waals surface area (Å²) in [6, 6.07) is 6.51. The lowest BCUT2D eigenvalue weighted by atomic mass is 10.3. The van der Waals surface area contributed by atoms with Gasteiger partial charge in [-0.2, -0.15) is 4.72 Å². The van der Waals surface area contributed by atoms with Crippen molar-refractivity contribution < 1.29 is 22.3 Å². The Hall–Kier alpha value is -1.87. The molecule has 1 amide bonds. The van der Waals surface area contributed by atoms with Crippen molar-refractivity contribution in [3.8, 4) is 5.75 Å². The highest BCUT2D eigenvalue weighted by atomic mass is 35.5. The molecule has 0 aromatic heterocycles. The van der Waals surface area contributed by atoms with Crippen molar-refractivity contribution in [1.82, 2.24) is 4.72 Å². The van der Waals surface area contributed by atoms with Crippen molar-refractivity contribution in [2.75, 3.05) is 12.4 Å². The van der Waals surface area contributed by atoms with Crippen molar-refractivity contribution in [1.29, 1.82) is 0 Å². The molecule has 0 heterocycles. The minimum atomic E-state index is -4.22. The van der Waals surface area contributed by atoms with Crippen molar-refractivity contribution in [3.63, 3.8) is 0 Å². The molecule has 0 aliphatic heterocycles. The van der Waals surface area contributed by atoms with E-state index >= 15 is 0 Å². The van der Waals surface area contributed by atoms with Gasteiger partial charge < -0.3 is 10.1 Å². The Balaban J connectivity index is 2.20. The number of sulfonamides is 1.